The maximum atomic E-state index is 10.5. The van der Waals surface area contributed by atoms with Crippen LogP contribution in [0.5, 0.6) is 0 Å². The predicted octanol–water partition coefficient (Wildman–Crippen LogP) is 0.474. The number of hydrogen-bond donors (Lipinski definition) is 2. The van der Waals surface area contributed by atoms with E-state index < -0.39 is 0 Å². The molecule has 1 amide bonds. The number of likely N-dealkylation sites (tertiary alicyclic amines) is 1. The van der Waals surface area contributed by atoms with E-state index in [9.17, 15) is 4.79 Å². The fraction of sp³-hybridized carbons (Fsp3) is 0.909. The van der Waals surface area contributed by atoms with Gasteiger partial charge in [0.05, 0.1) is 0 Å². The molecule has 1 aliphatic rings. The molecule has 1 saturated heterocycles. The first-order valence-corrected chi connectivity index (χ1v) is 6.81. The van der Waals surface area contributed by atoms with E-state index in [0.29, 0.717) is 10.5 Å². The Labute approximate surface area is 101 Å². The maximum absolute atomic E-state index is 10.5. The number of carbonyl (C=O) groups excluding carboxylic acids is 1. The van der Waals surface area contributed by atoms with Gasteiger partial charge in [0.2, 0.25) is 6.41 Å². The van der Waals surface area contributed by atoms with Crippen molar-refractivity contribution in [2.75, 3.05) is 26.3 Å². The van der Waals surface area contributed by atoms with Gasteiger partial charge in [0.15, 0.2) is 0 Å². The SMILES string of the molecule is O=CN1CCC(SC(CCO)CCO)CC1. The predicted molar refractivity (Wildman–Crippen MR) is 65.4 cm³/mol. The molecule has 1 heterocycles. The topological polar surface area (TPSA) is 60.8 Å². The molecular formula is C11H21NO3S. The molecule has 0 atom stereocenters. The van der Waals surface area contributed by atoms with E-state index in [1.807, 2.05) is 16.7 Å². The summed E-state index contributed by atoms with van der Waals surface area (Å²) in [6.45, 7) is 2.05. The van der Waals surface area contributed by atoms with Crippen LogP contribution in [0, 0.1) is 0 Å². The van der Waals surface area contributed by atoms with Gasteiger partial charge in [0.1, 0.15) is 0 Å². The molecule has 4 nitrogen and oxygen atoms in total. The van der Waals surface area contributed by atoms with Crippen molar-refractivity contribution in [3.8, 4) is 0 Å². The number of carbonyl (C=O) groups is 1. The van der Waals surface area contributed by atoms with Crippen LogP contribution in [0.4, 0.5) is 0 Å². The maximum Gasteiger partial charge on any atom is 0.209 e. The number of nitrogens with zero attached hydrogens (tertiary/aromatic N) is 1. The lowest BCUT2D eigenvalue weighted by Gasteiger charge is -2.31. The Morgan fingerprint density at radius 1 is 1.25 bits per heavy atom. The van der Waals surface area contributed by atoms with Gasteiger partial charge in [-0.15, -0.1) is 0 Å². The minimum absolute atomic E-state index is 0.185. The second-order valence-electron chi connectivity index (χ2n) is 4.12. The van der Waals surface area contributed by atoms with Crippen molar-refractivity contribution in [2.24, 2.45) is 0 Å². The normalized spacial score (nSPS) is 18.1. The highest BCUT2D eigenvalue weighted by molar-refractivity contribution is 8.00. The first-order chi connectivity index (χ1) is 7.80. The minimum atomic E-state index is 0.185. The van der Waals surface area contributed by atoms with Gasteiger partial charge < -0.3 is 15.1 Å². The molecule has 0 aromatic rings. The van der Waals surface area contributed by atoms with E-state index in [0.717, 1.165) is 45.2 Å². The van der Waals surface area contributed by atoms with Crippen molar-refractivity contribution in [2.45, 2.75) is 36.2 Å². The summed E-state index contributed by atoms with van der Waals surface area (Å²) in [5.74, 6) is 0. The zero-order valence-corrected chi connectivity index (χ0v) is 10.4. The van der Waals surface area contributed by atoms with Crippen LogP contribution in [0.15, 0.2) is 0 Å². The number of piperidine rings is 1. The molecule has 0 aliphatic carbocycles. The van der Waals surface area contributed by atoms with Crippen LogP contribution >= 0.6 is 11.8 Å². The summed E-state index contributed by atoms with van der Waals surface area (Å²) in [4.78, 5) is 12.4. The lowest BCUT2D eigenvalue weighted by atomic mass is 10.1. The molecule has 1 aliphatic heterocycles. The number of thioether (sulfide) groups is 1. The molecule has 16 heavy (non-hydrogen) atoms. The monoisotopic (exact) mass is 247 g/mol. The average Bonchev–Trinajstić information content (AvgIpc) is 2.31. The lowest BCUT2D eigenvalue weighted by Crippen LogP contribution is -2.34. The van der Waals surface area contributed by atoms with Crippen LogP contribution in [0.25, 0.3) is 0 Å². The lowest BCUT2D eigenvalue weighted by molar-refractivity contribution is -0.118. The average molecular weight is 247 g/mol. The summed E-state index contributed by atoms with van der Waals surface area (Å²) in [5, 5.41) is 18.8. The summed E-state index contributed by atoms with van der Waals surface area (Å²) < 4.78 is 0. The highest BCUT2D eigenvalue weighted by Crippen LogP contribution is 2.29. The zero-order chi connectivity index (χ0) is 11.8. The molecule has 5 heteroatoms. The number of amides is 1. The van der Waals surface area contributed by atoms with Crippen LogP contribution in [0.3, 0.4) is 0 Å². The summed E-state index contributed by atoms with van der Waals surface area (Å²) in [6.07, 6.45) is 4.46. The van der Waals surface area contributed by atoms with Crippen LogP contribution in [-0.2, 0) is 4.79 Å². The van der Waals surface area contributed by atoms with Gasteiger partial charge in [0, 0.05) is 36.8 Å². The molecular weight excluding hydrogens is 226 g/mol. The molecule has 1 rings (SSSR count). The molecule has 0 radical (unpaired) electrons. The fourth-order valence-electron chi connectivity index (χ4n) is 1.96. The summed E-state index contributed by atoms with van der Waals surface area (Å²) >= 11 is 1.86. The first kappa shape index (κ1) is 13.8. The van der Waals surface area contributed by atoms with Crippen molar-refractivity contribution < 1.29 is 15.0 Å². The molecule has 0 unspecified atom stereocenters. The van der Waals surface area contributed by atoms with E-state index in [1.54, 1.807) is 0 Å². The zero-order valence-electron chi connectivity index (χ0n) is 9.55. The third-order valence-electron chi connectivity index (χ3n) is 2.91. The van der Waals surface area contributed by atoms with E-state index >= 15 is 0 Å². The molecule has 0 bridgehead atoms. The van der Waals surface area contributed by atoms with Gasteiger partial charge >= 0.3 is 0 Å². The van der Waals surface area contributed by atoms with Crippen molar-refractivity contribution in [3.63, 3.8) is 0 Å². The Bertz CT molecular complexity index is 190. The minimum Gasteiger partial charge on any atom is -0.396 e. The molecule has 0 spiro atoms. The van der Waals surface area contributed by atoms with E-state index in [2.05, 4.69) is 0 Å². The van der Waals surface area contributed by atoms with Gasteiger partial charge in [-0.05, 0) is 25.7 Å². The summed E-state index contributed by atoms with van der Waals surface area (Å²) in [5.41, 5.74) is 0. The molecule has 0 saturated carbocycles. The number of aliphatic hydroxyl groups is 2. The smallest absolute Gasteiger partial charge is 0.209 e. The molecule has 2 N–H and O–H groups in total. The van der Waals surface area contributed by atoms with Crippen molar-refractivity contribution >= 4 is 18.2 Å². The van der Waals surface area contributed by atoms with Crippen molar-refractivity contribution in [1.82, 2.24) is 4.90 Å². The van der Waals surface area contributed by atoms with Crippen LogP contribution < -0.4 is 0 Å². The quantitative estimate of drug-likeness (QED) is 0.642. The third-order valence-corrected chi connectivity index (χ3v) is 4.63. The Hall–Kier alpha value is -0.260. The Balaban J connectivity index is 2.26. The summed E-state index contributed by atoms with van der Waals surface area (Å²) in [7, 11) is 0. The van der Waals surface area contributed by atoms with Crippen LogP contribution in [0.1, 0.15) is 25.7 Å². The Morgan fingerprint density at radius 2 is 1.81 bits per heavy atom. The summed E-state index contributed by atoms with van der Waals surface area (Å²) in [6, 6.07) is 0. The van der Waals surface area contributed by atoms with Gasteiger partial charge in [-0.3, -0.25) is 4.79 Å². The van der Waals surface area contributed by atoms with Gasteiger partial charge in [-0.1, -0.05) is 0 Å². The number of aliphatic hydroxyl groups excluding tert-OH is 2. The van der Waals surface area contributed by atoms with Gasteiger partial charge in [-0.25, -0.2) is 0 Å². The largest absolute Gasteiger partial charge is 0.396 e. The number of hydrogen-bond acceptors (Lipinski definition) is 4. The van der Waals surface area contributed by atoms with Gasteiger partial charge in [-0.2, -0.15) is 11.8 Å². The highest BCUT2D eigenvalue weighted by atomic mass is 32.2. The van der Waals surface area contributed by atoms with Crippen molar-refractivity contribution in [3.05, 3.63) is 0 Å². The van der Waals surface area contributed by atoms with Gasteiger partial charge in [0.25, 0.3) is 0 Å². The van der Waals surface area contributed by atoms with E-state index in [-0.39, 0.29) is 13.2 Å². The number of rotatable bonds is 7. The second-order valence-corrected chi connectivity index (χ2v) is 5.73. The van der Waals surface area contributed by atoms with E-state index in [4.69, 9.17) is 10.2 Å². The molecule has 1 fully saturated rings. The van der Waals surface area contributed by atoms with Crippen LogP contribution in [-0.4, -0.2) is 58.3 Å². The molecule has 0 aromatic heterocycles. The molecule has 0 aromatic carbocycles. The Kier molecular flexibility index (Phi) is 6.84. The van der Waals surface area contributed by atoms with Crippen LogP contribution in [0.2, 0.25) is 0 Å². The van der Waals surface area contributed by atoms with Crippen molar-refractivity contribution in [1.29, 1.82) is 0 Å². The molecule has 94 valence electrons. The third kappa shape index (κ3) is 4.72. The standard InChI is InChI=1S/C11H21NO3S/c13-7-3-11(4-8-14)16-10-1-5-12(9-15)6-2-10/h9-11,13-14H,1-8H2. The fourth-order valence-corrected chi connectivity index (χ4v) is 3.47. The second kappa shape index (κ2) is 7.92. The Morgan fingerprint density at radius 3 is 2.25 bits per heavy atom. The van der Waals surface area contributed by atoms with E-state index in [1.165, 1.54) is 0 Å². The first-order valence-electron chi connectivity index (χ1n) is 5.86. The highest BCUT2D eigenvalue weighted by Gasteiger charge is 2.21.